The summed E-state index contributed by atoms with van der Waals surface area (Å²) in [5.74, 6) is 0.775. The molecular formula is C13H22N4O. The summed E-state index contributed by atoms with van der Waals surface area (Å²) in [6.45, 7) is 6.48. The molecule has 1 unspecified atom stereocenters. The van der Waals surface area contributed by atoms with Crippen LogP contribution in [0.2, 0.25) is 0 Å². The van der Waals surface area contributed by atoms with Crippen LogP contribution in [0, 0.1) is 5.92 Å². The lowest BCUT2D eigenvalue weighted by Gasteiger charge is -2.16. The molecule has 1 heterocycles. The Balaban J connectivity index is 2.67. The van der Waals surface area contributed by atoms with Gasteiger partial charge in [0, 0.05) is 6.04 Å². The van der Waals surface area contributed by atoms with Crippen molar-refractivity contribution in [1.29, 1.82) is 0 Å². The molecule has 1 aromatic heterocycles. The van der Waals surface area contributed by atoms with E-state index in [2.05, 4.69) is 31.1 Å². The molecule has 0 spiro atoms. The average molecular weight is 250 g/mol. The first-order chi connectivity index (χ1) is 8.40. The number of hydrogen-bond acceptors (Lipinski definition) is 4. The van der Waals surface area contributed by atoms with E-state index in [-0.39, 0.29) is 0 Å². The second-order valence-corrected chi connectivity index (χ2v) is 5.04. The smallest absolute Gasteiger partial charge is 0.250 e. The minimum Gasteiger partial charge on any atom is -0.397 e. The lowest BCUT2D eigenvalue weighted by atomic mass is 10.0. The van der Waals surface area contributed by atoms with Crippen LogP contribution in [0.15, 0.2) is 12.3 Å². The molecule has 0 saturated heterocycles. The third-order valence-electron chi connectivity index (χ3n) is 2.77. The molecule has 0 saturated carbocycles. The SMILES string of the molecule is CC(C)CCC(C)Nc1cc(C(N)=O)c(N)cn1. The number of nitrogens with two attached hydrogens (primary N) is 2. The molecule has 1 amide bonds. The number of anilines is 2. The molecule has 0 bridgehead atoms. The zero-order valence-electron chi connectivity index (χ0n) is 11.2. The number of rotatable bonds is 6. The molecule has 18 heavy (non-hydrogen) atoms. The van der Waals surface area contributed by atoms with E-state index in [1.165, 1.54) is 6.20 Å². The van der Waals surface area contributed by atoms with E-state index in [9.17, 15) is 4.79 Å². The summed E-state index contributed by atoms with van der Waals surface area (Å²) in [5, 5.41) is 3.25. The maximum atomic E-state index is 11.2. The van der Waals surface area contributed by atoms with Crippen LogP contribution in [0.1, 0.15) is 44.0 Å². The number of carbonyl (C=O) groups is 1. The third-order valence-corrected chi connectivity index (χ3v) is 2.77. The van der Waals surface area contributed by atoms with Crippen LogP contribution in [-0.4, -0.2) is 16.9 Å². The van der Waals surface area contributed by atoms with Crippen LogP contribution >= 0.6 is 0 Å². The number of nitrogens with one attached hydrogen (secondary N) is 1. The fourth-order valence-electron chi connectivity index (χ4n) is 1.67. The van der Waals surface area contributed by atoms with Gasteiger partial charge in [-0.1, -0.05) is 13.8 Å². The van der Waals surface area contributed by atoms with E-state index in [4.69, 9.17) is 11.5 Å². The van der Waals surface area contributed by atoms with Crippen LogP contribution in [0.25, 0.3) is 0 Å². The number of pyridine rings is 1. The van der Waals surface area contributed by atoms with Crippen LogP contribution in [0.5, 0.6) is 0 Å². The Labute approximate surface area is 108 Å². The fourth-order valence-corrected chi connectivity index (χ4v) is 1.67. The highest BCUT2D eigenvalue weighted by atomic mass is 16.1. The van der Waals surface area contributed by atoms with Crippen molar-refractivity contribution in [3.05, 3.63) is 17.8 Å². The van der Waals surface area contributed by atoms with E-state index >= 15 is 0 Å². The standard InChI is InChI=1S/C13H22N4O/c1-8(2)4-5-9(3)17-12-6-10(13(15)18)11(14)7-16-12/h6-9H,4-5,14H2,1-3H3,(H2,15,18)(H,16,17). The fraction of sp³-hybridized carbons (Fsp3) is 0.538. The Morgan fingerprint density at radius 2 is 2.06 bits per heavy atom. The van der Waals surface area contributed by atoms with Gasteiger partial charge in [0.15, 0.2) is 0 Å². The van der Waals surface area contributed by atoms with Gasteiger partial charge in [-0.05, 0) is 31.7 Å². The Morgan fingerprint density at radius 3 is 2.61 bits per heavy atom. The molecule has 0 aliphatic heterocycles. The highest BCUT2D eigenvalue weighted by Gasteiger charge is 2.10. The van der Waals surface area contributed by atoms with Gasteiger partial charge in [-0.3, -0.25) is 4.79 Å². The Bertz CT molecular complexity index is 417. The molecule has 0 fully saturated rings. The number of hydrogen-bond donors (Lipinski definition) is 3. The molecule has 5 heteroatoms. The summed E-state index contributed by atoms with van der Waals surface area (Å²) >= 11 is 0. The van der Waals surface area contributed by atoms with Gasteiger partial charge in [0.25, 0.3) is 5.91 Å². The average Bonchev–Trinajstić information content (AvgIpc) is 2.28. The minimum absolute atomic E-state index is 0.296. The molecule has 100 valence electrons. The lowest BCUT2D eigenvalue weighted by molar-refractivity contribution is 0.100. The van der Waals surface area contributed by atoms with E-state index < -0.39 is 5.91 Å². The molecule has 1 rings (SSSR count). The number of primary amides is 1. The predicted molar refractivity (Wildman–Crippen MR) is 74.3 cm³/mol. The van der Waals surface area contributed by atoms with Crippen molar-refractivity contribution in [3.8, 4) is 0 Å². The number of amides is 1. The maximum Gasteiger partial charge on any atom is 0.250 e. The second kappa shape index (κ2) is 6.23. The van der Waals surface area contributed by atoms with Gasteiger partial charge in [0.2, 0.25) is 0 Å². The number of nitrogens with zero attached hydrogens (tertiary/aromatic N) is 1. The molecule has 0 radical (unpaired) electrons. The van der Waals surface area contributed by atoms with Crippen molar-refractivity contribution in [2.24, 2.45) is 11.7 Å². The molecule has 0 aliphatic carbocycles. The Hall–Kier alpha value is -1.78. The number of nitrogen functional groups attached to an aromatic ring is 1. The number of aromatic nitrogens is 1. The first-order valence-electron chi connectivity index (χ1n) is 6.22. The second-order valence-electron chi connectivity index (χ2n) is 5.04. The molecule has 1 aromatic rings. The van der Waals surface area contributed by atoms with Gasteiger partial charge in [0.1, 0.15) is 5.82 Å². The van der Waals surface area contributed by atoms with E-state index in [1.807, 2.05) is 0 Å². The van der Waals surface area contributed by atoms with Crippen molar-refractivity contribution >= 4 is 17.4 Å². The van der Waals surface area contributed by atoms with Crippen molar-refractivity contribution < 1.29 is 4.79 Å². The summed E-state index contributed by atoms with van der Waals surface area (Å²) in [7, 11) is 0. The van der Waals surface area contributed by atoms with Crippen molar-refractivity contribution in [2.45, 2.75) is 39.7 Å². The van der Waals surface area contributed by atoms with E-state index in [0.717, 1.165) is 12.8 Å². The molecule has 0 aromatic carbocycles. The predicted octanol–water partition coefficient (Wildman–Crippen LogP) is 2.00. The normalized spacial score (nSPS) is 12.4. The lowest BCUT2D eigenvalue weighted by Crippen LogP contribution is -2.19. The van der Waals surface area contributed by atoms with Crippen LogP contribution in [0.3, 0.4) is 0 Å². The van der Waals surface area contributed by atoms with Crippen molar-refractivity contribution in [2.75, 3.05) is 11.1 Å². The van der Waals surface area contributed by atoms with E-state index in [1.54, 1.807) is 6.07 Å². The summed E-state index contributed by atoms with van der Waals surface area (Å²) in [6, 6.07) is 1.90. The van der Waals surface area contributed by atoms with Crippen LogP contribution in [0.4, 0.5) is 11.5 Å². The van der Waals surface area contributed by atoms with Crippen LogP contribution < -0.4 is 16.8 Å². The van der Waals surface area contributed by atoms with Crippen molar-refractivity contribution in [3.63, 3.8) is 0 Å². The molecule has 5 nitrogen and oxygen atoms in total. The highest BCUT2D eigenvalue weighted by Crippen LogP contribution is 2.16. The van der Waals surface area contributed by atoms with Crippen molar-refractivity contribution in [1.82, 2.24) is 4.98 Å². The molecule has 1 atom stereocenters. The first-order valence-corrected chi connectivity index (χ1v) is 6.22. The van der Waals surface area contributed by atoms with Gasteiger partial charge in [-0.15, -0.1) is 0 Å². The zero-order valence-corrected chi connectivity index (χ0v) is 11.2. The summed E-state index contributed by atoms with van der Waals surface area (Å²) in [6.07, 6.45) is 3.65. The van der Waals surface area contributed by atoms with Crippen LogP contribution in [-0.2, 0) is 0 Å². The van der Waals surface area contributed by atoms with E-state index in [0.29, 0.717) is 29.0 Å². The highest BCUT2D eigenvalue weighted by molar-refractivity contribution is 5.98. The number of carbonyl (C=O) groups excluding carboxylic acids is 1. The monoisotopic (exact) mass is 250 g/mol. The van der Waals surface area contributed by atoms with Gasteiger partial charge in [-0.25, -0.2) is 4.98 Å². The first kappa shape index (κ1) is 14.3. The molecule has 5 N–H and O–H groups in total. The summed E-state index contributed by atoms with van der Waals surface area (Å²) in [4.78, 5) is 15.3. The maximum absolute atomic E-state index is 11.2. The summed E-state index contributed by atoms with van der Waals surface area (Å²) < 4.78 is 0. The van der Waals surface area contributed by atoms with Gasteiger partial charge >= 0.3 is 0 Å². The van der Waals surface area contributed by atoms with Gasteiger partial charge in [-0.2, -0.15) is 0 Å². The van der Waals surface area contributed by atoms with Gasteiger partial charge in [0.05, 0.1) is 17.4 Å². The molecular weight excluding hydrogens is 228 g/mol. The molecule has 0 aliphatic rings. The zero-order chi connectivity index (χ0) is 13.7. The Morgan fingerprint density at radius 1 is 1.39 bits per heavy atom. The largest absolute Gasteiger partial charge is 0.397 e. The minimum atomic E-state index is -0.534. The summed E-state index contributed by atoms with van der Waals surface area (Å²) in [5.41, 5.74) is 11.5. The quantitative estimate of drug-likeness (QED) is 0.719. The van der Waals surface area contributed by atoms with Gasteiger partial charge < -0.3 is 16.8 Å². The Kier molecular flexibility index (Phi) is 4.95. The third kappa shape index (κ3) is 4.24. The topological polar surface area (TPSA) is 94.0 Å².